The first-order chi connectivity index (χ1) is 13.0. The molecule has 3 aromatic rings. The van der Waals surface area contributed by atoms with E-state index in [9.17, 15) is 9.18 Å². The molecule has 8 heteroatoms. The van der Waals surface area contributed by atoms with Gasteiger partial charge in [-0.15, -0.1) is 10.2 Å². The normalized spacial score (nSPS) is 11.1. The summed E-state index contributed by atoms with van der Waals surface area (Å²) in [5, 5.41) is 20.3. The van der Waals surface area contributed by atoms with E-state index in [-0.39, 0.29) is 23.3 Å². The van der Waals surface area contributed by atoms with Crippen LogP contribution in [0.5, 0.6) is 0 Å². The summed E-state index contributed by atoms with van der Waals surface area (Å²) in [4.78, 5) is 12.2. The number of carbonyl (C=O) groups excluding carboxylic acids is 1. The summed E-state index contributed by atoms with van der Waals surface area (Å²) in [5.41, 5.74) is 2.03. The lowest BCUT2D eigenvalue weighted by Gasteiger charge is -2.02. The minimum absolute atomic E-state index is 0.171. The predicted molar refractivity (Wildman–Crippen MR) is 102 cm³/mol. The van der Waals surface area contributed by atoms with E-state index in [2.05, 4.69) is 21.6 Å². The van der Waals surface area contributed by atoms with E-state index in [1.54, 1.807) is 42.5 Å². The summed E-state index contributed by atoms with van der Waals surface area (Å²) in [6.07, 6.45) is 1.66. The average molecular weight is 399 g/mol. The molecule has 5 nitrogen and oxygen atoms in total. The highest BCUT2D eigenvalue weighted by Gasteiger charge is 2.14. The minimum atomic E-state index is -0.390. The van der Waals surface area contributed by atoms with Gasteiger partial charge in [0.15, 0.2) is 5.01 Å². The minimum Gasteiger partial charge on any atom is -0.346 e. The van der Waals surface area contributed by atoms with Crippen molar-refractivity contribution in [1.29, 1.82) is 5.26 Å². The molecule has 0 saturated heterocycles. The number of nitrogens with one attached hydrogen (secondary N) is 1. The fraction of sp³-hybridized carbons (Fsp3) is 0.0526. The Labute approximate surface area is 163 Å². The van der Waals surface area contributed by atoms with Crippen LogP contribution in [-0.2, 0) is 6.54 Å². The fourth-order valence-corrected chi connectivity index (χ4v) is 3.13. The highest BCUT2D eigenvalue weighted by atomic mass is 35.5. The van der Waals surface area contributed by atoms with Crippen LogP contribution in [0.3, 0.4) is 0 Å². The van der Waals surface area contributed by atoms with Crippen LogP contribution < -0.4 is 5.32 Å². The Morgan fingerprint density at radius 2 is 1.96 bits per heavy atom. The summed E-state index contributed by atoms with van der Waals surface area (Å²) in [7, 11) is 0. The molecule has 0 aliphatic carbocycles. The van der Waals surface area contributed by atoms with E-state index >= 15 is 0 Å². The maximum absolute atomic E-state index is 12.9. The second-order valence-corrected chi connectivity index (χ2v) is 6.84. The van der Waals surface area contributed by atoms with Crippen LogP contribution in [-0.4, -0.2) is 16.1 Å². The highest BCUT2D eigenvalue weighted by molar-refractivity contribution is 7.15. The maximum atomic E-state index is 12.9. The number of hydrogen-bond acceptors (Lipinski definition) is 5. The molecule has 0 aliphatic rings. The number of aromatic nitrogens is 2. The summed E-state index contributed by atoms with van der Waals surface area (Å²) in [5.74, 6) is -0.723. The molecule has 3 rings (SSSR count). The lowest BCUT2D eigenvalue weighted by atomic mass is 10.1. The van der Waals surface area contributed by atoms with Gasteiger partial charge in [-0.25, -0.2) is 4.39 Å². The lowest BCUT2D eigenvalue weighted by Crippen LogP contribution is -2.22. The Hall–Kier alpha value is -3.08. The fourth-order valence-electron chi connectivity index (χ4n) is 2.18. The number of nitrogens with zero attached hydrogens (tertiary/aromatic N) is 3. The molecular formula is C19H12ClFN4OS. The predicted octanol–water partition coefficient (Wildman–Crippen LogP) is 4.22. The molecule has 134 valence electrons. The summed E-state index contributed by atoms with van der Waals surface area (Å²) >= 11 is 7.32. The van der Waals surface area contributed by atoms with Gasteiger partial charge < -0.3 is 5.32 Å². The van der Waals surface area contributed by atoms with Crippen molar-refractivity contribution in [1.82, 2.24) is 15.5 Å². The van der Waals surface area contributed by atoms with Gasteiger partial charge in [0.25, 0.3) is 5.91 Å². The van der Waals surface area contributed by atoms with E-state index in [0.717, 1.165) is 22.5 Å². The first-order valence-corrected chi connectivity index (χ1v) is 8.98. The summed E-state index contributed by atoms with van der Waals surface area (Å²) < 4.78 is 12.9. The van der Waals surface area contributed by atoms with Crippen molar-refractivity contribution in [3.8, 4) is 6.07 Å². The second-order valence-electron chi connectivity index (χ2n) is 5.45. The molecule has 27 heavy (non-hydrogen) atoms. The number of carbonyl (C=O) groups is 1. The van der Waals surface area contributed by atoms with E-state index in [0.29, 0.717) is 15.6 Å². The largest absolute Gasteiger partial charge is 0.346 e. The van der Waals surface area contributed by atoms with Gasteiger partial charge in [0.2, 0.25) is 5.01 Å². The van der Waals surface area contributed by atoms with Crippen molar-refractivity contribution in [2.75, 3.05) is 0 Å². The molecule has 0 radical (unpaired) electrons. The topological polar surface area (TPSA) is 78.7 Å². The van der Waals surface area contributed by atoms with Gasteiger partial charge in [-0.3, -0.25) is 4.79 Å². The second kappa shape index (κ2) is 8.54. The van der Waals surface area contributed by atoms with Crippen molar-refractivity contribution in [2.45, 2.75) is 6.54 Å². The Kier molecular flexibility index (Phi) is 5.91. The molecule has 1 aromatic heterocycles. The molecule has 0 spiro atoms. The Morgan fingerprint density at radius 3 is 2.70 bits per heavy atom. The van der Waals surface area contributed by atoms with Crippen molar-refractivity contribution in [2.24, 2.45) is 0 Å². The molecule has 0 atom stereocenters. The van der Waals surface area contributed by atoms with Gasteiger partial charge in [0.05, 0.1) is 16.7 Å². The monoisotopic (exact) mass is 398 g/mol. The van der Waals surface area contributed by atoms with E-state index in [4.69, 9.17) is 16.9 Å². The Morgan fingerprint density at radius 1 is 1.22 bits per heavy atom. The van der Waals surface area contributed by atoms with E-state index in [1.807, 2.05) is 0 Å². The molecule has 2 aromatic carbocycles. The van der Waals surface area contributed by atoms with Crippen LogP contribution in [0, 0.1) is 17.1 Å². The SMILES string of the molecule is N#Cc1cccc(C=C(Cl)c2nnc(C(=O)NCc3ccc(F)cc3)s2)c1. The molecule has 1 amide bonds. The van der Waals surface area contributed by atoms with Crippen molar-refractivity contribution >= 4 is 40.0 Å². The average Bonchev–Trinajstić information content (AvgIpc) is 3.18. The number of nitriles is 1. The van der Waals surface area contributed by atoms with Crippen LogP contribution in [0.1, 0.15) is 31.5 Å². The van der Waals surface area contributed by atoms with Crippen LogP contribution in [0.2, 0.25) is 0 Å². The quantitative estimate of drug-likeness (QED) is 0.698. The van der Waals surface area contributed by atoms with E-state index in [1.165, 1.54) is 12.1 Å². The van der Waals surface area contributed by atoms with Gasteiger partial charge in [-0.2, -0.15) is 5.26 Å². The van der Waals surface area contributed by atoms with Gasteiger partial charge in [0.1, 0.15) is 5.82 Å². The molecule has 0 fully saturated rings. The first-order valence-electron chi connectivity index (χ1n) is 7.79. The zero-order chi connectivity index (χ0) is 19.2. The Balaban J connectivity index is 1.67. The molecule has 0 bridgehead atoms. The molecule has 0 saturated carbocycles. The number of rotatable bonds is 5. The van der Waals surface area contributed by atoms with Gasteiger partial charge in [0, 0.05) is 6.54 Å². The third-order valence-electron chi connectivity index (χ3n) is 3.50. The van der Waals surface area contributed by atoms with Crippen LogP contribution >= 0.6 is 22.9 Å². The summed E-state index contributed by atoms with van der Waals surface area (Å²) in [6, 6.07) is 14.9. The van der Waals surface area contributed by atoms with Gasteiger partial charge in [-0.05, 0) is 41.5 Å². The molecular weight excluding hydrogens is 387 g/mol. The Bertz CT molecular complexity index is 1040. The van der Waals surface area contributed by atoms with Crippen molar-refractivity contribution in [3.05, 3.63) is 81.1 Å². The van der Waals surface area contributed by atoms with Gasteiger partial charge >= 0.3 is 0 Å². The smallest absolute Gasteiger partial charge is 0.282 e. The number of benzene rings is 2. The van der Waals surface area contributed by atoms with Crippen LogP contribution in [0.4, 0.5) is 4.39 Å². The van der Waals surface area contributed by atoms with Crippen LogP contribution in [0.15, 0.2) is 48.5 Å². The number of hydrogen-bond donors (Lipinski definition) is 1. The zero-order valence-electron chi connectivity index (χ0n) is 13.8. The first kappa shape index (κ1) is 18.7. The highest BCUT2D eigenvalue weighted by Crippen LogP contribution is 2.25. The zero-order valence-corrected chi connectivity index (χ0v) is 15.4. The maximum Gasteiger partial charge on any atom is 0.282 e. The summed E-state index contributed by atoms with van der Waals surface area (Å²) in [6.45, 7) is 0.249. The standard InChI is InChI=1S/C19H12ClFN4OS/c20-16(9-13-2-1-3-14(8-13)10-22)18-24-25-19(27-18)17(26)23-11-12-4-6-15(21)7-5-12/h1-9H,11H2,(H,23,26). The lowest BCUT2D eigenvalue weighted by molar-refractivity contribution is 0.0950. The third-order valence-corrected chi connectivity index (χ3v) is 4.85. The third kappa shape index (κ3) is 4.97. The number of halogens is 2. The molecule has 1 N–H and O–H groups in total. The number of amides is 1. The van der Waals surface area contributed by atoms with E-state index < -0.39 is 0 Å². The van der Waals surface area contributed by atoms with Gasteiger partial charge in [-0.1, -0.05) is 47.2 Å². The van der Waals surface area contributed by atoms with Crippen LogP contribution in [0.25, 0.3) is 11.1 Å². The molecule has 0 unspecified atom stereocenters. The van der Waals surface area contributed by atoms with Crippen molar-refractivity contribution in [3.63, 3.8) is 0 Å². The molecule has 1 heterocycles. The van der Waals surface area contributed by atoms with Crippen molar-refractivity contribution < 1.29 is 9.18 Å². The molecule has 0 aliphatic heterocycles.